The van der Waals surface area contributed by atoms with Gasteiger partial charge in [-0.1, -0.05) is 29.8 Å². The van der Waals surface area contributed by atoms with Gasteiger partial charge in [-0.05, 0) is 41.8 Å². The molecule has 5 N–H and O–H groups in total. The molecule has 0 heterocycles. The quantitative estimate of drug-likeness (QED) is 0.450. The van der Waals surface area contributed by atoms with E-state index in [1.807, 2.05) is 36.4 Å². The lowest BCUT2D eigenvalue weighted by molar-refractivity contribution is 0.414. The maximum Gasteiger partial charge on any atom is 0.119 e. The van der Waals surface area contributed by atoms with Crippen LogP contribution in [0.15, 0.2) is 42.5 Å². The highest BCUT2D eigenvalue weighted by Gasteiger charge is 2.14. The number of hydrogen-bond donors (Lipinski definition) is 3. The van der Waals surface area contributed by atoms with E-state index in [0.29, 0.717) is 17.1 Å². The zero-order valence-electron chi connectivity index (χ0n) is 11.3. The van der Waals surface area contributed by atoms with E-state index in [9.17, 15) is 0 Å². The zero-order valence-corrected chi connectivity index (χ0v) is 12.0. The number of halogens is 1. The van der Waals surface area contributed by atoms with Crippen molar-refractivity contribution in [2.45, 2.75) is 12.5 Å². The van der Waals surface area contributed by atoms with Crippen LogP contribution in [0.5, 0.6) is 5.75 Å². The summed E-state index contributed by atoms with van der Waals surface area (Å²) in [6, 6.07) is 13.2. The fraction of sp³-hybridized carbons (Fsp3) is 0.200. The van der Waals surface area contributed by atoms with Gasteiger partial charge in [0.1, 0.15) is 5.75 Å². The van der Waals surface area contributed by atoms with E-state index in [2.05, 4.69) is 5.43 Å². The second-order valence-electron chi connectivity index (χ2n) is 4.55. The molecule has 0 spiro atoms. The number of anilines is 1. The fourth-order valence-electron chi connectivity index (χ4n) is 2.16. The molecule has 0 fully saturated rings. The average Bonchev–Trinajstić information content (AvgIpc) is 2.45. The molecule has 20 heavy (non-hydrogen) atoms. The molecule has 0 bridgehead atoms. The third kappa shape index (κ3) is 3.42. The maximum atomic E-state index is 6.00. The minimum Gasteiger partial charge on any atom is -0.497 e. The highest BCUT2D eigenvalue weighted by atomic mass is 35.5. The summed E-state index contributed by atoms with van der Waals surface area (Å²) >= 11 is 5.92. The van der Waals surface area contributed by atoms with Crippen LogP contribution in [0.1, 0.15) is 17.2 Å². The van der Waals surface area contributed by atoms with E-state index in [4.69, 9.17) is 27.9 Å². The Morgan fingerprint density at radius 1 is 1.25 bits per heavy atom. The second kappa shape index (κ2) is 6.61. The molecule has 2 aromatic carbocycles. The summed E-state index contributed by atoms with van der Waals surface area (Å²) in [5.41, 5.74) is 11.5. The molecule has 0 saturated heterocycles. The van der Waals surface area contributed by atoms with Crippen LogP contribution < -0.4 is 21.7 Å². The fourth-order valence-corrected chi connectivity index (χ4v) is 2.34. The van der Waals surface area contributed by atoms with E-state index in [-0.39, 0.29) is 6.04 Å². The summed E-state index contributed by atoms with van der Waals surface area (Å²) in [5, 5.41) is 0.614. The highest BCUT2D eigenvalue weighted by Crippen LogP contribution is 2.27. The molecule has 0 aliphatic rings. The Labute approximate surface area is 123 Å². The van der Waals surface area contributed by atoms with Gasteiger partial charge in [0.05, 0.1) is 13.2 Å². The first-order valence-electron chi connectivity index (χ1n) is 6.28. The normalized spacial score (nSPS) is 12.2. The van der Waals surface area contributed by atoms with Crippen molar-refractivity contribution < 1.29 is 4.74 Å². The van der Waals surface area contributed by atoms with Gasteiger partial charge in [0.25, 0.3) is 0 Å². The van der Waals surface area contributed by atoms with Crippen LogP contribution in [0.2, 0.25) is 5.02 Å². The SMILES string of the molecule is COc1cccc(CC(NN)c2ccc(Cl)cc2N)c1. The van der Waals surface area contributed by atoms with Gasteiger partial charge in [0, 0.05) is 10.7 Å². The Morgan fingerprint density at radius 3 is 2.70 bits per heavy atom. The molecule has 5 heteroatoms. The first kappa shape index (κ1) is 14.7. The summed E-state index contributed by atoms with van der Waals surface area (Å²) in [6.07, 6.45) is 0.708. The number of benzene rings is 2. The van der Waals surface area contributed by atoms with Gasteiger partial charge in [0.2, 0.25) is 0 Å². The van der Waals surface area contributed by atoms with Gasteiger partial charge in [0.15, 0.2) is 0 Å². The predicted octanol–water partition coefficient (Wildman–Crippen LogP) is 2.68. The number of hydrazine groups is 1. The van der Waals surface area contributed by atoms with Crippen LogP contribution in [0.25, 0.3) is 0 Å². The van der Waals surface area contributed by atoms with Crippen LogP contribution >= 0.6 is 11.6 Å². The third-order valence-corrected chi connectivity index (χ3v) is 3.43. The molecule has 4 nitrogen and oxygen atoms in total. The number of ether oxygens (including phenoxy) is 1. The average molecular weight is 292 g/mol. The molecule has 0 radical (unpaired) electrons. The number of rotatable bonds is 5. The van der Waals surface area contributed by atoms with Crippen molar-refractivity contribution in [1.29, 1.82) is 0 Å². The number of methoxy groups -OCH3 is 1. The minimum absolute atomic E-state index is 0.0839. The maximum absolute atomic E-state index is 6.00. The smallest absolute Gasteiger partial charge is 0.119 e. The number of nitrogen functional groups attached to an aromatic ring is 1. The number of nitrogens with one attached hydrogen (secondary N) is 1. The standard InChI is InChI=1S/C15H18ClN3O/c1-20-12-4-2-3-10(7-12)8-15(19-18)13-6-5-11(16)9-14(13)17/h2-7,9,15,19H,8,17-18H2,1H3. The molecule has 0 aliphatic heterocycles. The predicted molar refractivity (Wildman–Crippen MR) is 82.6 cm³/mol. The topological polar surface area (TPSA) is 73.3 Å². The molecule has 106 valence electrons. The van der Waals surface area contributed by atoms with E-state index in [1.54, 1.807) is 13.2 Å². The molecule has 1 atom stereocenters. The summed E-state index contributed by atoms with van der Waals surface area (Å²) in [5.74, 6) is 6.48. The first-order chi connectivity index (χ1) is 9.63. The highest BCUT2D eigenvalue weighted by molar-refractivity contribution is 6.30. The molecule has 0 amide bonds. The van der Waals surface area contributed by atoms with E-state index >= 15 is 0 Å². The van der Waals surface area contributed by atoms with E-state index in [0.717, 1.165) is 16.9 Å². The van der Waals surface area contributed by atoms with Gasteiger partial charge in [-0.15, -0.1) is 0 Å². The third-order valence-electron chi connectivity index (χ3n) is 3.20. The van der Waals surface area contributed by atoms with Crippen molar-refractivity contribution in [3.05, 3.63) is 58.6 Å². The van der Waals surface area contributed by atoms with Crippen LogP contribution in [0.3, 0.4) is 0 Å². The van der Waals surface area contributed by atoms with Crippen LogP contribution in [0.4, 0.5) is 5.69 Å². The summed E-state index contributed by atoms with van der Waals surface area (Å²) < 4.78 is 5.22. The van der Waals surface area contributed by atoms with Crippen molar-refractivity contribution in [1.82, 2.24) is 5.43 Å². The monoisotopic (exact) mass is 291 g/mol. The Balaban J connectivity index is 2.23. The molecule has 1 unspecified atom stereocenters. The summed E-state index contributed by atoms with van der Waals surface area (Å²) in [4.78, 5) is 0. The largest absolute Gasteiger partial charge is 0.497 e. The lowest BCUT2D eigenvalue weighted by Gasteiger charge is -2.19. The molecule has 0 aliphatic carbocycles. The van der Waals surface area contributed by atoms with Crippen LogP contribution in [0, 0.1) is 0 Å². The van der Waals surface area contributed by atoms with E-state index < -0.39 is 0 Å². The van der Waals surface area contributed by atoms with Crippen LogP contribution in [-0.4, -0.2) is 7.11 Å². The van der Waals surface area contributed by atoms with Crippen LogP contribution in [-0.2, 0) is 6.42 Å². The Morgan fingerprint density at radius 2 is 2.05 bits per heavy atom. The number of hydrogen-bond acceptors (Lipinski definition) is 4. The van der Waals surface area contributed by atoms with Gasteiger partial charge in [-0.2, -0.15) is 0 Å². The van der Waals surface area contributed by atoms with Crippen molar-refractivity contribution in [3.63, 3.8) is 0 Å². The van der Waals surface area contributed by atoms with E-state index in [1.165, 1.54) is 0 Å². The molecular weight excluding hydrogens is 274 g/mol. The molecule has 2 aromatic rings. The second-order valence-corrected chi connectivity index (χ2v) is 4.98. The Bertz CT molecular complexity index is 589. The zero-order chi connectivity index (χ0) is 14.5. The summed E-state index contributed by atoms with van der Waals surface area (Å²) in [7, 11) is 1.65. The molecular formula is C15H18ClN3O. The van der Waals surface area contributed by atoms with Gasteiger partial charge in [-0.25, -0.2) is 0 Å². The lowest BCUT2D eigenvalue weighted by Crippen LogP contribution is -2.30. The van der Waals surface area contributed by atoms with Gasteiger partial charge in [-0.3, -0.25) is 11.3 Å². The van der Waals surface area contributed by atoms with Crippen molar-refractivity contribution >= 4 is 17.3 Å². The molecule has 0 aromatic heterocycles. The van der Waals surface area contributed by atoms with Gasteiger partial charge >= 0.3 is 0 Å². The van der Waals surface area contributed by atoms with Crippen molar-refractivity contribution in [2.24, 2.45) is 5.84 Å². The molecule has 2 rings (SSSR count). The first-order valence-corrected chi connectivity index (χ1v) is 6.66. The minimum atomic E-state index is -0.0839. The van der Waals surface area contributed by atoms with Crippen molar-refractivity contribution in [3.8, 4) is 5.75 Å². The lowest BCUT2D eigenvalue weighted by atomic mass is 9.98. The van der Waals surface area contributed by atoms with Crippen molar-refractivity contribution in [2.75, 3.05) is 12.8 Å². The van der Waals surface area contributed by atoms with Gasteiger partial charge < -0.3 is 10.5 Å². The molecule has 0 saturated carbocycles. The Hall–Kier alpha value is -1.75. The number of nitrogens with two attached hydrogens (primary N) is 2. The summed E-state index contributed by atoms with van der Waals surface area (Å²) in [6.45, 7) is 0. The Kier molecular flexibility index (Phi) is 4.84.